The van der Waals surface area contributed by atoms with Crippen LogP contribution in [0.25, 0.3) is 5.52 Å². The first-order chi connectivity index (χ1) is 4.88. The van der Waals surface area contributed by atoms with Crippen molar-refractivity contribution in [3.8, 4) is 0 Å². The van der Waals surface area contributed by atoms with Gasteiger partial charge >= 0.3 is 0 Å². The minimum atomic E-state index is 1.08. The third-order valence-corrected chi connectivity index (χ3v) is 1.65. The zero-order chi connectivity index (χ0) is 6.97. The van der Waals surface area contributed by atoms with Crippen LogP contribution in [0.2, 0.25) is 0 Å². The monoisotopic (exact) mass is 130 g/mol. The molecular formula is C9H8N. The highest BCUT2D eigenvalue weighted by molar-refractivity contribution is 5.56. The van der Waals surface area contributed by atoms with Crippen LogP contribution in [0.5, 0.6) is 0 Å². The maximum absolute atomic E-state index is 3.90. The van der Waals surface area contributed by atoms with E-state index in [1.54, 1.807) is 0 Å². The maximum Gasteiger partial charge on any atom is 0.0481 e. The predicted octanol–water partition coefficient (Wildman–Crippen LogP) is 2.12. The fourth-order valence-electron chi connectivity index (χ4n) is 1.13. The lowest BCUT2D eigenvalue weighted by molar-refractivity contribution is 1.19. The smallest absolute Gasteiger partial charge is 0.0481 e. The van der Waals surface area contributed by atoms with Gasteiger partial charge in [0.1, 0.15) is 0 Å². The third kappa shape index (κ3) is 0.637. The fraction of sp³-hybridized carbons (Fsp3) is 0. The number of nitrogens with zero attached hydrogens (tertiary/aromatic N) is 1. The van der Waals surface area contributed by atoms with Gasteiger partial charge in [0, 0.05) is 17.9 Å². The molecule has 0 atom stereocenters. The lowest BCUT2D eigenvalue weighted by Crippen LogP contribution is -1.81. The predicted molar refractivity (Wildman–Crippen MR) is 41.9 cm³/mol. The maximum atomic E-state index is 3.90. The van der Waals surface area contributed by atoms with E-state index in [2.05, 4.69) is 17.4 Å². The Morgan fingerprint density at radius 3 is 2.50 bits per heavy atom. The molecule has 0 aromatic carbocycles. The summed E-state index contributed by atoms with van der Waals surface area (Å²) in [5.74, 6) is 0. The van der Waals surface area contributed by atoms with Gasteiger partial charge in [-0.05, 0) is 30.7 Å². The molecule has 0 bridgehead atoms. The second kappa shape index (κ2) is 1.87. The second-order valence-corrected chi connectivity index (χ2v) is 2.33. The first-order valence-corrected chi connectivity index (χ1v) is 3.25. The molecule has 2 aromatic rings. The molecule has 2 rings (SSSR count). The average molecular weight is 130 g/mol. The van der Waals surface area contributed by atoms with Crippen LogP contribution < -0.4 is 0 Å². The van der Waals surface area contributed by atoms with Gasteiger partial charge in [-0.15, -0.1) is 0 Å². The minimum Gasteiger partial charge on any atom is -0.324 e. The Balaban J connectivity index is 2.95. The molecule has 0 unspecified atom stereocenters. The summed E-state index contributed by atoms with van der Waals surface area (Å²) in [5.41, 5.74) is 2.26. The molecule has 0 aliphatic carbocycles. The summed E-state index contributed by atoms with van der Waals surface area (Å²) in [6, 6.07) is 8.08. The fourth-order valence-corrected chi connectivity index (χ4v) is 1.13. The molecule has 1 radical (unpaired) electrons. The molecule has 0 saturated carbocycles. The standard InChI is InChI=1S/C9H8N/c1-8-4-2-6-10-7-3-5-9(8)10/h2-7H,1H2. The van der Waals surface area contributed by atoms with Crippen molar-refractivity contribution in [2.24, 2.45) is 0 Å². The lowest BCUT2D eigenvalue weighted by atomic mass is 10.2. The summed E-state index contributed by atoms with van der Waals surface area (Å²) < 4.78 is 2.06. The van der Waals surface area contributed by atoms with Gasteiger partial charge in [0.15, 0.2) is 0 Å². The molecule has 2 aromatic heterocycles. The van der Waals surface area contributed by atoms with Gasteiger partial charge in [-0.3, -0.25) is 0 Å². The van der Waals surface area contributed by atoms with Gasteiger partial charge in [-0.1, -0.05) is 6.07 Å². The summed E-state index contributed by atoms with van der Waals surface area (Å²) >= 11 is 0. The molecule has 10 heavy (non-hydrogen) atoms. The summed E-state index contributed by atoms with van der Waals surface area (Å²) in [5, 5.41) is 0. The average Bonchev–Trinajstić information content (AvgIpc) is 2.36. The van der Waals surface area contributed by atoms with E-state index in [0.29, 0.717) is 0 Å². The van der Waals surface area contributed by atoms with Crippen molar-refractivity contribution in [3.63, 3.8) is 0 Å². The highest BCUT2D eigenvalue weighted by atomic mass is 14.8. The number of hydrogen-bond acceptors (Lipinski definition) is 0. The molecule has 0 aliphatic rings. The van der Waals surface area contributed by atoms with Gasteiger partial charge in [0.25, 0.3) is 0 Å². The van der Waals surface area contributed by atoms with Crippen molar-refractivity contribution < 1.29 is 0 Å². The van der Waals surface area contributed by atoms with E-state index in [-0.39, 0.29) is 0 Å². The largest absolute Gasteiger partial charge is 0.324 e. The Bertz CT molecular complexity index is 346. The van der Waals surface area contributed by atoms with Crippen molar-refractivity contribution in [2.75, 3.05) is 0 Å². The number of aromatic nitrogens is 1. The Morgan fingerprint density at radius 1 is 1.10 bits per heavy atom. The van der Waals surface area contributed by atoms with Gasteiger partial charge < -0.3 is 4.40 Å². The van der Waals surface area contributed by atoms with Crippen LogP contribution in [-0.4, -0.2) is 4.40 Å². The summed E-state index contributed by atoms with van der Waals surface area (Å²) in [6.45, 7) is 3.90. The normalized spacial score (nSPS) is 10.5. The number of rotatable bonds is 0. The number of pyridine rings is 1. The van der Waals surface area contributed by atoms with Gasteiger partial charge in [0.05, 0.1) is 0 Å². The summed E-state index contributed by atoms with van der Waals surface area (Å²) in [7, 11) is 0. The van der Waals surface area contributed by atoms with Crippen molar-refractivity contribution >= 4 is 5.52 Å². The van der Waals surface area contributed by atoms with Crippen molar-refractivity contribution in [2.45, 2.75) is 0 Å². The van der Waals surface area contributed by atoms with Crippen LogP contribution in [0.15, 0.2) is 36.7 Å². The highest BCUT2D eigenvalue weighted by Crippen LogP contribution is 2.08. The van der Waals surface area contributed by atoms with Gasteiger partial charge in [-0.25, -0.2) is 0 Å². The zero-order valence-electron chi connectivity index (χ0n) is 5.62. The zero-order valence-corrected chi connectivity index (χ0v) is 5.62. The van der Waals surface area contributed by atoms with E-state index < -0.39 is 0 Å². The molecule has 0 saturated heterocycles. The van der Waals surface area contributed by atoms with E-state index >= 15 is 0 Å². The number of fused-ring (bicyclic) bond motifs is 1. The lowest BCUT2D eigenvalue weighted by Gasteiger charge is -1.95. The molecule has 2 heterocycles. The Morgan fingerprint density at radius 2 is 1.80 bits per heavy atom. The first-order valence-electron chi connectivity index (χ1n) is 3.25. The third-order valence-electron chi connectivity index (χ3n) is 1.65. The van der Waals surface area contributed by atoms with Crippen LogP contribution in [0.4, 0.5) is 0 Å². The number of hydrogen-bond donors (Lipinski definition) is 0. The van der Waals surface area contributed by atoms with E-state index in [0.717, 1.165) is 5.56 Å². The van der Waals surface area contributed by atoms with Crippen LogP contribution in [0, 0.1) is 6.92 Å². The summed E-state index contributed by atoms with van der Waals surface area (Å²) in [4.78, 5) is 0. The van der Waals surface area contributed by atoms with Gasteiger partial charge in [-0.2, -0.15) is 0 Å². The first kappa shape index (κ1) is 5.54. The highest BCUT2D eigenvalue weighted by Gasteiger charge is 1.91. The van der Waals surface area contributed by atoms with Gasteiger partial charge in [0.2, 0.25) is 0 Å². The Labute approximate surface area is 59.9 Å². The molecule has 0 aliphatic heterocycles. The molecule has 0 fully saturated rings. The Hall–Kier alpha value is -1.24. The molecule has 0 N–H and O–H groups in total. The molecular weight excluding hydrogens is 122 g/mol. The van der Waals surface area contributed by atoms with E-state index in [4.69, 9.17) is 0 Å². The van der Waals surface area contributed by atoms with E-state index in [1.807, 2.05) is 30.6 Å². The molecule has 1 heteroatoms. The molecule has 0 amide bonds. The van der Waals surface area contributed by atoms with Crippen LogP contribution in [0.1, 0.15) is 5.56 Å². The summed E-state index contributed by atoms with van der Waals surface area (Å²) in [6.07, 6.45) is 4.04. The van der Waals surface area contributed by atoms with E-state index in [1.165, 1.54) is 5.52 Å². The SMILES string of the molecule is [CH2]c1cccn2cccc12. The quantitative estimate of drug-likeness (QED) is 0.514. The Kier molecular flexibility index (Phi) is 1.04. The van der Waals surface area contributed by atoms with Crippen LogP contribution in [-0.2, 0) is 0 Å². The topological polar surface area (TPSA) is 4.41 Å². The second-order valence-electron chi connectivity index (χ2n) is 2.33. The minimum absolute atomic E-state index is 1.08. The van der Waals surface area contributed by atoms with Crippen molar-refractivity contribution in [3.05, 3.63) is 49.1 Å². The van der Waals surface area contributed by atoms with Crippen LogP contribution >= 0.6 is 0 Å². The molecule has 1 nitrogen and oxygen atoms in total. The van der Waals surface area contributed by atoms with Crippen LogP contribution in [0.3, 0.4) is 0 Å². The van der Waals surface area contributed by atoms with E-state index in [9.17, 15) is 0 Å². The molecule has 49 valence electrons. The van der Waals surface area contributed by atoms with Crippen molar-refractivity contribution in [1.29, 1.82) is 0 Å². The molecule has 0 spiro atoms. The van der Waals surface area contributed by atoms with Crippen molar-refractivity contribution in [1.82, 2.24) is 4.40 Å².